The Kier molecular flexibility index (Phi) is 7.14. The fourth-order valence-corrected chi connectivity index (χ4v) is 1.37. The highest BCUT2D eigenvalue weighted by molar-refractivity contribution is 5.98. The van der Waals surface area contributed by atoms with Gasteiger partial charge in [-0.3, -0.25) is 9.59 Å². The van der Waals surface area contributed by atoms with Crippen molar-refractivity contribution in [2.45, 2.75) is 39.2 Å². The molecule has 0 aromatic heterocycles. The van der Waals surface area contributed by atoms with Crippen LogP contribution in [0, 0.1) is 11.3 Å². The highest BCUT2D eigenvalue weighted by atomic mass is 16.3. The molecule has 0 aromatic rings. The molecule has 0 aliphatic rings. The topological polar surface area (TPSA) is 81.4 Å². The summed E-state index contributed by atoms with van der Waals surface area (Å²) in [6.07, 6.45) is -1.35. The van der Waals surface area contributed by atoms with E-state index in [1.807, 2.05) is 13.8 Å². The third kappa shape index (κ3) is 5.47. The summed E-state index contributed by atoms with van der Waals surface area (Å²) in [4.78, 5) is 24.4. The van der Waals surface area contributed by atoms with Crippen LogP contribution < -0.4 is 0 Å². The van der Waals surface area contributed by atoms with Crippen molar-refractivity contribution in [3.05, 3.63) is 0 Å². The van der Waals surface area contributed by atoms with E-state index in [0.29, 0.717) is 13.1 Å². The minimum absolute atomic E-state index is 0.0782. The number of nitriles is 1. The summed E-state index contributed by atoms with van der Waals surface area (Å²) >= 11 is 0. The van der Waals surface area contributed by atoms with E-state index in [-0.39, 0.29) is 31.0 Å². The molecule has 90 valence electrons. The predicted octanol–water partition coefficient (Wildman–Crippen LogP) is 0.479. The highest BCUT2D eigenvalue weighted by Crippen LogP contribution is 2.03. The Hall–Kier alpha value is -1.41. The van der Waals surface area contributed by atoms with E-state index in [9.17, 15) is 14.7 Å². The number of ketones is 1. The lowest BCUT2D eigenvalue weighted by Gasteiger charge is -2.18. The first-order valence-electron chi connectivity index (χ1n) is 5.39. The van der Waals surface area contributed by atoms with Crippen molar-refractivity contribution in [1.82, 2.24) is 4.90 Å². The summed E-state index contributed by atoms with van der Waals surface area (Å²) in [5.41, 5.74) is 0. The number of nitrogens with zero attached hydrogens (tertiary/aromatic N) is 2. The number of carbonyl (C=O) groups is 2. The molecule has 1 N–H and O–H groups in total. The minimum Gasteiger partial charge on any atom is -0.392 e. The third-order valence-corrected chi connectivity index (χ3v) is 2.25. The van der Waals surface area contributed by atoms with Crippen LogP contribution in [0.15, 0.2) is 0 Å². The van der Waals surface area contributed by atoms with Gasteiger partial charge in [0, 0.05) is 19.5 Å². The van der Waals surface area contributed by atoms with Crippen molar-refractivity contribution in [1.29, 1.82) is 5.26 Å². The number of aliphatic hydroxyl groups is 1. The summed E-state index contributed by atoms with van der Waals surface area (Å²) in [6.45, 7) is 4.83. The fourth-order valence-electron chi connectivity index (χ4n) is 1.37. The van der Waals surface area contributed by atoms with Gasteiger partial charge in [-0.25, -0.2) is 0 Å². The Labute approximate surface area is 95.7 Å². The molecular formula is C11H18N2O3. The first kappa shape index (κ1) is 14.6. The van der Waals surface area contributed by atoms with Gasteiger partial charge in [0.15, 0.2) is 0 Å². The normalized spacial score (nSPS) is 11.6. The molecule has 0 aliphatic heterocycles. The van der Waals surface area contributed by atoms with Crippen molar-refractivity contribution >= 4 is 11.7 Å². The molecule has 5 heteroatoms. The molecular weight excluding hydrogens is 208 g/mol. The Bertz CT molecular complexity index is 279. The van der Waals surface area contributed by atoms with Gasteiger partial charge in [0.2, 0.25) is 5.91 Å². The molecule has 5 nitrogen and oxygen atoms in total. The van der Waals surface area contributed by atoms with Crippen LogP contribution in [0.5, 0.6) is 0 Å². The monoisotopic (exact) mass is 226 g/mol. The first-order valence-corrected chi connectivity index (χ1v) is 5.39. The molecule has 0 fully saturated rings. The summed E-state index contributed by atoms with van der Waals surface area (Å²) in [7, 11) is 0. The zero-order valence-electron chi connectivity index (χ0n) is 9.77. The second-order valence-electron chi connectivity index (χ2n) is 3.50. The Morgan fingerprint density at radius 3 is 2.38 bits per heavy atom. The van der Waals surface area contributed by atoms with Gasteiger partial charge < -0.3 is 10.0 Å². The van der Waals surface area contributed by atoms with Crippen LogP contribution in [0.2, 0.25) is 0 Å². The van der Waals surface area contributed by atoms with Crippen molar-refractivity contribution < 1.29 is 14.7 Å². The summed E-state index contributed by atoms with van der Waals surface area (Å²) in [5.74, 6) is -0.543. The molecule has 0 unspecified atom stereocenters. The van der Waals surface area contributed by atoms with Crippen LogP contribution in [-0.2, 0) is 9.59 Å². The minimum atomic E-state index is -0.956. The van der Waals surface area contributed by atoms with Gasteiger partial charge in [-0.05, 0) is 13.8 Å². The summed E-state index contributed by atoms with van der Waals surface area (Å²) in [5, 5.41) is 17.5. The molecule has 0 spiro atoms. The van der Waals surface area contributed by atoms with E-state index in [2.05, 4.69) is 0 Å². The van der Waals surface area contributed by atoms with E-state index in [1.54, 1.807) is 11.0 Å². The quantitative estimate of drug-likeness (QED) is 0.640. The molecule has 0 bridgehead atoms. The second-order valence-corrected chi connectivity index (χ2v) is 3.50. The molecule has 1 atom stereocenters. The maximum Gasteiger partial charge on any atom is 0.229 e. The SMILES string of the molecule is CCN(CC)C(=O)CC(=O)C[C@H](O)CC#N. The fraction of sp³-hybridized carbons (Fsp3) is 0.727. The molecule has 0 aliphatic carbocycles. The lowest BCUT2D eigenvalue weighted by atomic mass is 10.1. The smallest absolute Gasteiger partial charge is 0.229 e. The maximum atomic E-state index is 11.5. The van der Waals surface area contributed by atoms with Crippen LogP contribution in [0.4, 0.5) is 0 Å². The maximum absolute atomic E-state index is 11.5. The molecule has 0 heterocycles. The zero-order valence-corrected chi connectivity index (χ0v) is 9.77. The largest absolute Gasteiger partial charge is 0.392 e. The molecule has 16 heavy (non-hydrogen) atoms. The van der Waals surface area contributed by atoms with Gasteiger partial charge in [0.05, 0.1) is 25.0 Å². The van der Waals surface area contributed by atoms with E-state index in [1.165, 1.54) is 0 Å². The Balaban J connectivity index is 4.05. The van der Waals surface area contributed by atoms with Gasteiger partial charge in [-0.15, -0.1) is 0 Å². The average molecular weight is 226 g/mol. The molecule has 1 amide bonds. The molecule has 0 aromatic carbocycles. The average Bonchev–Trinajstić information content (AvgIpc) is 2.19. The van der Waals surface area contributed by atoms with Crippen LogP contribution in [-0.4, -0.2) is 40.9 Å². The Morgan fingerprint density at radius 1 is 1.38 bits per heavy atom. The second kappa shape index (κ2) is 7.83. The van der Waals surface area contributed by atoms with E-state index >= 15 is 0 Å². The number of hydrogen-bond acceptors (Lipinski definition) is 4. The van der Waals surface area contributed by atoms with E-state index in [4.69, 9.17) is 5.26 Å². The number of amides is 1. The zero-order chi connectivity index (χ0) is 12.6. The molecule has 0 rings (SSSR count). The van der Waals surface area contributed by atoms with E-state index in [0.717, 1.165) is 0 Å². The van der Waals surface area contributed by atoms with Crippen LogP contribution >= 0.6 is 0 Å². The molecule has 0 radical (unpaired) electrons. The van der Waals surface area contributed by atoms with Crippen molar-refractivity contribution in [2.75, 3.05) is 13.1 Å². The summed E-state index contributed by atoms with van der Waals surface area (Å²) < 4.78 is 0. The molecule has 0 saturated heterocycles. The number of hydrogen-bond donors (Lipinski definition) is 1. The number of rotatable bonds is 7. The first-order chi connectivity index (χ1) is 7.54. The van der Waals surface area contributed by atoms with Crippen LogP contribution in [0.3, 0.4) is 0 Å². The number of aliphatic hydroxyl groups excluding tert-OH is 1. The molecule has 0 saturated carbocycles. The third-order valence-electron chi connectivity index (χ3n) is 2.25. The van der Waals surface area contributed by atoms with E-state index < -0.39 is 6.10 Å². The predicted molar refractivity (Wildman–Crippen MR) is 58.4 cm³/mol. The van der Waals surface area contributed by atoms with Gasteiger partial charge in [0.25, 0.3) is 0 Å². The van der Waals surface area contributed by atoms with Crippen molar-refractivity contribution in [3.8, 4) is 6.07 Å². The van der Waals surface area contributed by atoms with Crippen LogP contribution in [0.1, 0.15) is 33.1 Å². The van der Waals surface area contributed by atoms with Gasteiger partial charge in [-0.2, -0.15) is 5.26 Å². The van der Waals surface area contributed by atoms with Gasteiger partial charge in [-0.1, -0.05) is 0 Å². The lowest BCUT2D eigenvalue weighted by Crippen LogP contribution is -2.32. The Morgan fingerprint density at radius 2 is 1.94 bits per heavy atom. The highest BCUT2D eigenvalue weighted by Gasteiger charge is 2.17. The standard InChI is InChI=1S/C11H18N2O3/c1-3-13(4-2)11(16)8-10(15)7-9(14)5-6-12/h9,14H,3-5,7-8H2,1-2H3/t9-/m1/s1. The summed E-state index contributed by atoms with van der Waals surface area (Å²) in [6, 6.07) is 1.77. The van der Waals surface area contributed by atoms with Gasteiger partial charge >= 0.3 is 0 Å². The van der Waals surface area contributed by atoms with Gasteiger partial charge in [0.1, 0.15) is 5.78 Å². The van der Waals surface area contributed by atoms with Crippen molar-refractivity contribution in [3.63, 3.8) is 0 Å². The lowest BCUT2D eigenvalue weighted by molar-refractivity contribution is -0.135. The van der Waals surface area contributed by atoms with Crippen molar-refractivity contribution in [2.24, 2.45) is 0 Å². The number of Topliss-reactive ketones (excluding diaryl/α,β-unsaturated/α-hetero) is 1. The number of carbonyl (C=O) groups excluding carboxylic acids is 2. The van der Waals surface area contributed by atoms with Crippen LogP contribution in [0.25, 0.3) is 0 Å².